The lowest BCUT2D eigenvalue weighted by Crippen LogP contribution is -2.44. The summed E-state index contributed by atoms with van der Waals surface area (Å²) in [5, 5.41) is 9.97. The van der Waals surface area contributed by atoms with Crippen LogP contribution in [0.2, 0.25) is 0 Å². The molecular weight excluding hydrogens is 190 g/mol. The lowest BCUT2D eigenvalue weighted by Gasteiger charge is -2.35. The molecule has 0 aromatic carbocycles. The molecule has 3 nitrogen and oxygen atoms in total. The van der Waals surface area contributed by atoms with Crippen molar-refractivity contribution in [3.63, 3.8) is 0 Å². The maximum absolute atomic E-state index is 11.1. The van der Waals surface area contributed by atoms with Gasteiger partial charge in [-0.05, 0) is 33.2 Å². The molecule has 0 heterocycles. The van der Waals surface area contributed by atoms with E-state index in [4.69, 9.17) is 0 Å². The first-order valence-corrected chi connectivity index (χ1v) is 5.89. The molecule has 0 spiro atoms. The number of likely N-dealkylation sites (N-methyl/N-ethyl adjacent to an activating group) is 1. The van der Waals surface area contributed by atoms with Gasteiger partial charge in [0.25, 0.3) is 0 Å². The van der Waals surface area contributed by atoms with Gasteiger partial charge in [-0.1, -0.05) is 6.92 Å². The highest BCUT2D eigenvalue weighted by atomic mass is 16.3. The molecule has 1 atom stereocenters. The number of Topliss-reactive ketones (excluding diaryl/α,β-unsaturated/α-hetero) is 1. The second-order valence-corrected chi connectivity index (χ2v) is 5.04. The third-order valence-corrected chi connectivity index (χ3v) is 3.49. The Hall–Kier alpha value is -0.410. The summed E-state index contributed by atoms with van der Waals surface area (Å²) in [6.45, 7) is 4.57. The maximum atomic E-state index is 11.1. The molecule has 0 bridgehead atoms. The minimum atomic E-state index is -0.601. The predicted octanol–water partition coefficient (Wildman–Crippen LogP) is 1.59. The van der Waals surface area contributed by atoms with E-state index in [1.807, 2.05) is 20.9 Å². The number of aliphatic hydroxyl groups is 1. The molecule has 0 amide bonds. The molecule has 1 unspecified atom stereocenters. The minimum absolute atomic E-state index is 0.391. The highest BCUT2D eigenvalue weighted by molar-refractivity contribution is 5.79. The van der Waals surface area contributed by atoms with Crippen LogP contribution in [0.3, 0.4) is 0 Å². The van der Waals surface area contributed by atoms with Gasteiger partial charge in [-0.25, -0.2) is 0 Å². The van der Waals surface area contributed by atoms with Gasteiger partial charge in [0.2, 0.25) is 0 Å². The highest BCUT2D eigenvalue weighted by Gasteiger charge is 2.27. The topological polar surface area (TPSA) is 40.5 Å². The number of hydrogen-bond acceptors (Lipinski definition) is 3. The van der Waals surface area contributed by atoms with E-state index in [1.54, 1.807) is 0 Å². The Morgan fingerprint density at radius 1 is 1.47 bits per heavy atom. The van der Waals surface area contributed by atoms with Gasteiger partial charge in [0, 0.05) is 25.4 Å². The van der Waals surface area contributed by atoms with Crippen molar-refractivity contribution in [1.82, 2.24) is 4.90 Å². The zero-order valence-corrected chi connectivity index (χ0v) is 10.1. The third kappa shape index (κ3) is 3.92. The zero-order chi connectivity index (χ0) is 11.5. The summed E-state index contributed by atoms with van der Waals surface area (Å²) in [5.74, 6) is 0.391. The predicted molar refractivity (Wildman–Crippen MR) is 60.8 cm³/mol. The number of ketones is 1. The van der Waals surface area contributed by atoms with Crippen LogP contribution < -0.4 is 0 Å². The molecule has 0 aromatic rings. The molecule has 15 heavy (non-hydrogen) atoms. The zero-order valence-electron chi connectivity index (χ0n) is 10.1. The Labute approximate surface area is 92.5 Å². The standard InChI is InChI=1S/C12H23NO2/c1-4-12(2,15)9-13(3)10-5-7-11(14)8-6-10/h10,15H,4-9H2,1-3H3. The Morgan fingerprint density at radius 2 is 2.00 bits per heavy atom. The molecule has 1 rings (SSSR count). The van der Waals surface area contributed by atoms with Gasteiger partial charge in [-0.15, -0.1) is 0 Å². The normalized spacial score (nSPS) is 23.1. The first kappa shape index (κ1) is 12.7. The van der Waals surface area contributed by atoms with Crippen molar-refractivity contribution in [2.24, 2.45) is 0 Å². The van der Waals surface area contributed by atoms with Crippen LogP contribution >= 0.6 is 0 Å². The van der Waals surface area contributed by atoms with Crippen LogP contribution in [0.1, 0.15) is 46.0 Å². The van der Waals surface area contributed by atoms with Crippen molar-refractivity contribution in [1.29, 1.82) is 0 Å². The molecule has 3 heteroatoms. The Kier molecular flexibility index (Phi) is 4.29. The average molecular weight is 213 g/mol. The summed E-state index contributed by atoms with van der Waals surface area (Å²) in [6, 6.07) is 0.473. The van der Waals surface area contributed by atoms with Crippen LogP contribution in [0.4, 0.5) is 0 Å². The second-order valence-electron chi connectivity index (χ2n) is 5.04. The van der Waals surface area contributed by atoms with Gasteiger partial charge in [-0.3, -0.25) is 4.79 Å². The van der Waals surface area contributed by atoms with E-state index in [2.05, 4.69) is 4.90 Å². The van der Waals surface area contributed by atoms with E-state index in [0.29, 0.717) is 31.2 Å². The fraction of sp³-hybridized carbons (Fsp3) is 0.917. The first-order valence-electron chi connectivity index (χ1n) is 5.89. The SMILES string of the molecule is CCC(C)(O)CN(C)C1CCC(=O)CC1. The van der Waals surface area contributed by atoms with Gasteiger partial charge in [0.15, 0.2) is 0 Å². The van der Waals surface area contributed by atoms with Crippen molar-refractivity contribution in [3.8, 4) is 0 Å². The van der Waals surface area contributed by atoms with E-state index in [1.165, 1.54) is 0 Å². The largest absolute Gasteiger partial charge is 0.389 e. The number of carbonyl (C=O) groups excluding carboxylic acids is 1. The van der Waals surface area contributed by atoms with Gasteiger partial charge < -0.3 is 10.0 Å². The lowest BCUT2D eigenvalue weighted by molar-refractivity contribution is -0.121. The van der Waals surface area contributed by atoms with E-state index in [-0.39, 0.29) is 0 Å². The van der Waals surface area contributed by atoms with E-state index < -0.39 is 5.60 Å². The molecular formula is C12H23NO2. The maximum Gasteiger partial charge on any atom is 0.133 e. The van der Waals surface area contributed by atoms with E-state index in [9.17, 15) is 9.90 Å². The van der Waals surface area contributed by atoms with Crippen LogP contribution in [0.15, 0.2) is 0 Å². The molecule has 1 fully saturated rings. The summed E-state index contributed by atoms with van der Waals surface area (Å²) < 4.78 is 0. The monoisotopic (exact) mass is 213 g/mol. The molecule has 0 radical (unpaired) electrons. The van der Waals surface area contributed by atoms with E-state index >= 15 is 0 Å². The third-order valence-electron chi connectivity index (χ3n) is 3.49. The van der Waals surface area contributed by atoms with Crippen molar-refractivity contribution < 1.29 is 9.90 Å². The molecule has 1 saturated carbocycles. The first-order chi connectivity index (χ1) is 6.94. The number of carbonyl (C=O) groups is 1. The summed E-state index contributed by atoms with van der Waals surface area (Å²) in [6.07, 6.45) is 4.10. The molecule has 88 valence electrons. The summed E-state index contributed by atoms with van der Waals surface area (Å²) in [5.41, 5.74) is -0.601. The summed E-state index contributed by atoms with van der Waals surface area (Å²) >= 11 is 0. The van der Waals surface area contributed by atoms with Gasteiger partial charge in [0.05, 0.1) is 5.60 Å². The van der Waals surface area contributed by atoms with Crippen LogP contribution in [0, 0.1) is 0 Å². The number of rotatable bonds is 4. The average Bonchev–Trinajstić information content (AvgIpc) is 2.18. The highest BCUT2D eigenvalue weighted by Crippen LogP contribution is 2.21. The lowest BCUT2D eigenvalue weighted by atomic mass is 9.92. The summed E-state index contributed by atoms with van der Waals surface area (Å²) in [4.78, 5) is 13.3. The Balaban J connectivity index is 2.40. The van der Waals surface area contributed by atoms with Crippen LogP contribution in [0.25, 0.3) is 0 Å². The smallest absolute Gasteiger partial charge is 0.133 e. The molecule has 0 saturated heterocycles. The van der Waals surface area contributed by atoms with Gasteiger partial charge >= 0.3 is 0 Å². The quantitative estimate of drug-likeness (QED) is 0.771. The molecule has 1 aliphatic rings. The van der Waals surface area contributed by atoms with Crippen molar-refractivity contribution in [3.05, 3.63) is 0 Å². The van der Waals surface area contributed by atoms with Crippen LogP contribution in [-0.4, -0.2) is 41.0 Å². The molecule has 1 N–H and O–H groups in total. The van der Waals surface area contributed by atoms with Crippen LogP contribution in [0.5, 0.6) is 0 Å². The number of hydrogen-bond donors (Lipinski definition) is 1. The Bertz CT molecular complexity index is 216. The van der Waals surface area contributed by atoms with Gasteiger partial charge in [0.1, 0.15) is 5.78 Å². The second kappa shape index (κ2) is 5.08. The Morgan fingerprint density at radius 3 is 2.47 bits per heavy atom. The number of nitrogens with zero attached hydrogens (tertiary/aromatic N) is 1. The van der Waals surface area contributed by atoms with Crippen molar-refractivity contribution in [2.45, 2.75) is 57.6 Å². The summed E-state index contributed by atoms with van der Waals surface area (Å²) in [7, 11) is 2.05. The van der Waals surface area contributed by atoms with Crippen LogP contribution in [-0.2, 0) is 4.79 Å². The molecule has 1 aliphatic carbocycles. The van der Waals surface area contributed by atoms with Gasteiger partial charge in [-0.2, -0.15) is 0 Å². The minimum Gasteiger partial charge on any atom is -0.389 e. The van der Waals surface area contributed by atoms with E-state index in [0.717, 1.165) is 19.3 Å². The molecule has 0 aromatic heterocycles. The fourth-order valence-electron chi connectivity index (χ4n) is 2.14. The molecule has 0 aliphatic heterocycles. The van der Waals surface area contributed by atoms with Crippen molar-refractivity contribution >= 4 is 5.78 Å². The van der Waals surface area contributed by atoms with Crippen molar-refractivity contribution in [2.75, 3.05) is 13.6 Å². The fourth-order valence-corrected chi connectivity index (χ4v) is 2.14.